The molecule has 1 aliphatic rings. The fourth-order valence-electron chi connectivity index (χ4n) is 2.40. The van der Waals surface area contributed by atoms with Crippen LogP contribution in [0.1, 0.15) is 6.42 Å². The van der Waals surface area contributed by atoms with Gasteiger partial charge >= 0.3 is 0 Å². The minimum absolute atomic E-state index is 0.0789. The second-order valence-corrected chi connectivity index (χ2v) is 5.56. The van der Waals surface area contributed by atoms with Gasteiger partial charge in [0.1, 0.15) is 0 Å². The van der Waals surface area contributed by atoms with Crippen molar-refractivity contribution in [2.75, 3.05) is 58.2 Å². The first-order chi connectivity index (χ1) is 10.2. The lowest BCUT2D eigenvalue weighted by Crippen LogP contribution is -2.46. The molecule has 1 amide bonds. The number of benzene rings is 1. The summed E-state index contributed by atoms with van der Waals surface area (Å²) in [5, 5.41) is 6.28. The fraction of sp³-hybridized carbons (Fsp3) is 0.562. The summed E-state index contributed by atoms with van der Waals surface area (Å²) >= 11 is 0. The highest BCUT2D eigenvalue weighted by atomic mass is 16.1. The third-order valence-electron chi connectivity index (χ3n) is 3.79. The third kappa shape index (κ3) is 6.25. The number of piperazine rings is 1. The van der Waals surface area contributed by atoms with Crippen molar-refractivity contribution in [3.05, 3.63) is 30.3 Å². The lowest BCUT2D eigenvalue weighted by Gasteiger charge is -2.29. The summed E-state index contributed by atoms with van der Waals surface area (Å²) in [6.07, 6.45) is 0.535. The number of carbonyl (C=O) groups excluding carboxylic acids is 1. The standard InChI is InChI=1S/C16H26N4O/c1-19(13-14-20-11-8-17-9-12-20)10-7-16(21)18-15-5-3-2-4-6-15/h2-6,17H,7-14H2,1H3,(H,18,21). The molecule has 1 fully saturated rings. The van der Waals surface area contributed by atoms with Crippen LogP contribution in [-0.4, -0.2) is 68.6 Å². The zero-order chi connectivity index (χ0) is 14.9. The average Bonchev–Trinajstić information content (AvgIpc) is 2.53. The highest BCUT2D eigenvalue weighted by Crippen LogP contribution is 2.05. The first kappa shape index (κ1) is 15.9. The zero-order valence-corrected chi connectivity index (χ0v) is 12.8. The van der Waals surface area contributed by atoms with Gasteiger partial charge in [-0.25, -0.2) is 0 Å². The van der Waals surface area contributed by atoms with Gasteiger partial charge in [0, 0.05) is 57.9 Å². The molecule has 1 aromatic rings. The Hall–Kier alpha value is -1.43. The Bertz CT molecular complexity index is 418. The van der Waals surface area contributed by atoms with Gasteiger partial charge in [-0.1, -0.05) is 18.2 Å². The predicted molar refractivity (Wildman–Crippen MR) is 86.5 cm³/mol. The third-order valence-corrected chi connectivity index (χ3v) is 3.79. The van der Waals surface area contributed by atoms with Crippen LogP contribution in [0.2, 0.25) is 0 Å². The molecule has 21 heavy (non-hydrogen) atoms. The van der Waals surface area contributed by atoms with Crippen LogP contribution in [0, 0.1) is 0 Å². The molecule has 1 aromatic carbocycles. The second kappa shape index (κ2) is 8.77. The molecule has 0 aliphatic carbocycles. The summed E-state index contributed by atoms with van der Waals surface area (Å²) in [4.78, 5) is 16.6. The summed E-state index contributed by atoms with van der Waals surface area (Å²) in [5.41, 5.74) is 0.867. The summed E-state index contributed by atoms with van der Waals surface area (Å²) in [6.45, 7) is 7.32. The van der Waals surface area contributed by atoms with E-state index in [1.54, 1.807) is 0 Å². The number of para-hydroxylation sites is 1. The van der Waals surface area contributed by atoms with Gasteiger partial charge in [-0.15, -0.1) is 0 Å². The van der Waals surface area contributed by atoms with E-state index >= 15 is 0 Å². The molecule has 0 bridgehead atoms. The molecular formula is C16H26N4O. The highest BCUT2D eigenvalue weighted by molar-refractivity contribution is 5.90. The van der Waals surface area contributed by atoms with Crippen LogP contribution < -0.4 is 10.6 Å². The number of amides is 1. The van der Waals surface area contributed by atoms with Crippen molar-refractivity contribution in [1.82, 2.24) is 15.1 Å². The molecule has 5 nitrogen and oxygen atoms in total. The second-order valence-electron chi connectivity index (χ2n) is 5.56. The smallest absolute Gasteiger partial charge is 0.225 e. The molecular weight excluding hydrogens is 264 g/mol. The first-order valence-electron chi connectivity index (χ1n) is 7.70. The van der Waals surface area contributed by atoms with Crippen molar-refractivity contribution in [3.8, 4) is 0 Å². The van der Waals surface area contributed by atoms with Gasteiger partial charge in [-0.05, 0) is 19.2 Å². The molecule has 1 heterocycles. The number of carbonyl (C=O) groups is 1. The Labute approximate surface area is 127 Å². The Morgan fingerprint density at radius 1 is 1.24 bits per heavy atom. The van der Waals surface area contributed by atoms with Crippen LogP contribution in [0.15, 0.2) is 30.3 Å². The van der Waals surface area contributed by atoms with Crippen molar-refractivity contribution in [1.29, 1.82) is 0 Å². The molecule has 0 spiro atoms. The number of nitrogens with zero attached hydrogens (tertiary/aromatic N) is 2. The van der Waals surface area contributed by atoms with Gasteiger partial charge in [-0.3, -0.25) is 9.69 Å². The van der Waals surface area contributed by atoms with E-state index in [1.807, 2.05) is 30.3 Å². The van der Waals surface area contributed by atoms with E-state index in [9.17, 15) is 4.79 Å². The molecule has 0 atom stereocenters. The van der Waals surface area contributed by atoms with E-state index in [1.165, 1.54) is 0 Å². The van der Waals surface area contributed by atoms with E-state index in [-0.39, 0.29) is 5.91 Å². The molecule has 5 heteroatoms. The minimum Gasteiger partial charge on any atom is -0.326 e. The Morgan fingerprint density at radius 2 is 1.95 bits per heavy atom. The number of likely N-dealkylation sites (N-methyl/N-ethyl adjacent to an activating group) is 1. The normalized spacial score (nSPS) is 16.1. The number of anilines is 1. The fourth-order valence-corrected chi connectivity index (χ4v) is 2.40. The van der Waals surface area contributed by atoms with Crippen molar-refractivity contribution < 1.29 is 4.79 Å². The lowest BCUT2D eigenvalue weighted by atomic mass is 10.3. The Kier molecular flexibility index (Phi) is 6.66. The van der Waals surface area contributed by atoms with Crippen LogP contribution in [0.3, 0.4) is 0 Å². The van der Waals surface area contributed by atoms with Crippen LogP contribution >= 0.6 is 0 Å². The number of hydrogen-bond acceptors (Lipinski definition) is 4. The predicted octanol–water partition coefficient (Wildman–Crippen LogP) is 0.852. The molecule has 2 N–H and O–H groups in total. The maximum Gasteiger partial charge on any atom is 0.225 e. The molecule has 0 radical (unpaired) electrons. The largest absolute Gasteiger partial charge is 0.326 e. The summed E-state index contributed by atoms with van der Waals surface area (Å²) in [5.74, 6) is 0.0789. The Balaban J connectivity index is 1.59. The van der Waals surface area contributed by atoms with Crippen LogP contribution in [0.5, 0.6) is 0 Å². The monoisotopic (exact) mass is 290 g/mol. The first-order valence-corrected chi connectivity index (χ1v) is 7.70. The molecule has 0 unspecified atom stereocenters. The molecule has 0 saturated carbocycles. The maximum atomic E-state index is 11.9. The van der Waals surface area contributed by atoms with E-state index < -0.39 is 0 Å². The van der Waals surface area contributed by atoms with Gasteiger partial charge in [0.25, 0.3) is 0 Å². The highest BCUT2D eigenvalue weighted by Gasteiger charge is 2.10. The van der Waals surface area contributed by atoms with Gasteiger partial charge in [0.2, 0.25) is 5.91 Å². The van der Waals surface area contributed by atoms with E-state index in [0.29, 0.717) is 6.42 Å². The zero-order valence-electron chi connectivity index (χ0n) is 12.8. The molecule has 2 rings (SSSR count). The number of nitrogens with one attached hydrogen (secondary N) is 2. The van der Waals surface area contributed by atoms with Gasteiger partial charge in [0.15, 0.2) is 0 Å². The Morgan fingerprint density at radius 3 is 2.67 bits per heavy atom. The van der Waals surface area contributed by atoms with E-state index in [0.717, 1.165) is 51.5 Å². The van der Waals surface area contributed by atoms with Crippen LogP contribution in [0.4, 0.5) is 5.69 Å². The molecule has 0 aromatic heterocycles. The number of rotatable bonds is 7. The quantitative estimate of drug-likeness (QED) is 0.782. The summed E-state index contributed by atoms with van der Waals surface area (Å²) in [6, 6.07) is 9.61. The van der Waals surface area contributed by atoms with E-state index in [2.05, 4.69) is 27.5 Å². The van der Waals surface area contributed by atoms with Gasteiger partial charge in [-0.2, -0.15) is 0 Å². The van der Waals surface area contributed by atoms with Crippen LogP contribution in [0.25, 0.3) is 0 Å². The summed E-state index contributed by atoms with van der Waals surface area (Å²) in [7, 11) is 2.08. The number of hydrogen-bond donors (Lipinski definition) is 2. The SMILES string of the molecule is CN(CCC(=O)Nc1ccccc1)CCN1CCNCC1. The summed E-state index contributed by atoms with van der Waals surface area (Å²) < 4.78 is 0. The van der Waals surface area contributed by atoms with Crippen molar-refractivity contribution >= 4 is 11.6 Å². The average molecular weight is 290 g/mol. The minimum atomic E-state index is 0.0789. The van der Waals surface area contributed by atoms with Crippen molar-refractivity contribution in [2.24, 2.45) is 0 Å². The van der Waals surface area contributed by atoms with Crippen molar-refractivity contribution in [3.63, 3.8) is 0 Å². The maximum absolute atomic E-state index is 11.9. The molecule has 1 aliphatic heterocycles. The lowest BCUT2D eigenvalue weighted by molar-refractivity contribution is -0.116. The molecule has 1 saturated heterocycles. The van der Waals surface area contributed by atoms with Crippen LogP contribution in [-0.2, 0) is 4.79 Å². The van der Waals surface area contributed by atoms with Crippen molar-refractivity contribution in [2.45, 2.75) is 6.42 Å². The van der Waals surface area contributed by atoms with E-state index in [4.69, 9.17) is 0 Å². The topological polar surface area (TPSA) is 47.6 Å². The van der Waals surface area contributed by atoms with Gasteiger partial charge < -0.3 is 15.5 Å². The van der Waals surface area contributed by atoms with Gasteiger partial charge in [0.05, 0.1) is 0 Å². The molecule has 116 valence electrons.